The summed E-state index contributed by atoms with van der Waals surface area (Å²) in [5, 5.41) is 5.57. The van der Waals surface area contributed by atoms with Gasteiger partial charge in [0.1, 0.15) is 29.1 Å². The van der Waals surface area contributed by atoms with Crippen molar-refractivity contribution in [3.05, 3.63) is 59.4 Å². The third-order valence-electron chi connectivity index (χ3n) is 10.5. The molecule has 3 aromatic heterocycles. The summed E-state index contributed by atoms with van der Waals surface area (Å²) in [7, 11) is 0. The average Bonchev–Trinajstić information content (AvgIpc) is 3.93. The van der Waals surface area contributed by atoms with Gasteiger partial charge in [0.2, 0.25) is 5.91 Å². The lowest BCUT2D eigenvalue weighted by atomic mass is 9.97. The molecule has 69 heavy (non-hydrogen) atoms. The first-order valence-electron chi connectivity index (χ1n) is 24.1. The Morgan fingerprint density at radius 3 is 1.96 bits per heavy atom. The van der Waals surface area contributed by atoms with Crippen molar-refractivity contribution in [2.75, 3.05) is 130 Å². The third-order valence-corrected chi connectivity index (χ3v) is 10.5. The van der Waals surface area contributed by atoms with Gasteiger partial charge in [0.15, 0.2) is 11.2 Å². The first-order chi connectivity index (χ1) is 33.7. The minimum Gasteiger partial charge on any atom is -0.424 e. The van der Waals surface area contributed by atoms with Crippen LogP contribution < -0.4 is 17.2 Å². The molecule has 0 aliphatic carbocycles. The molecule has 5 aromatic rings. The molecular weight excluding hydrogens is 891 g/mol. The van der Waals surface area contributed by atoms with Crippen LogP contribution in [0, 0.1) is 0 Å². The fourth-order valence-corrected chi connectivity index (χ4v) is 7.01. The zero-order valence-corrected chi connectivity index (χ0v) is 41.1. The van der Waals surface area contributed by atoms with E-state index in [1.165, 1.54) is 17.5 Å². The number of hydrogen-bond acceptors (Lipinski definition) is 18. The Balaban J connectivity index is 0.000000278. The molecular formula is C49H75N9O11. The van der Waals surface area contributed by atoms with Gasteiger partial charge in [-0.3, -0.25) is 9.59 Å². The lowest BCUT2D eigenvalue weighted by Gasteiger charge is -2.29. The molecule has 6 rings (SSSR count). The third kappa shape index (κ3) is 20.4. The zero-order valence-electron chi connectivity index (χ0n) is 41.1. The van der Waals surface area contributed by atoms with Crippen molar-refractivity contribution in [3.8, 4) is 11.3 Å². The van der Waals surface area contributed by atoms with Crippen molar-refractivity contribution in [1.29, 1.82) is 0 Å². The Bertz CT molecular complexity index is 2210. The van der Waals surface area contributed by atoms with Gasteiger partial charge >= 0.3 is 0 Å². The maximum Gasteiger partial charge on any atom is 0.292 e. The molecule has 0 unspecified atom stereocenters. The van der Waals surface area contributed by atoms with Crippen molar-refractivity contribution in [3.63, 3.8) is 0 Å². The summed E-state index contributed by atoms with van der Waals surface area (Å²) in [6.07, 6.45) is 4.74. The van der Waals surface area contributed by atoms with E-state index < -0.39 is 0 Å². The number of benzene rings is 2. The number of fused-ring (bicyclic) bond motifs is 3. The highest BCUT2D eigenvalue weighted by molar-refractivity contribution is 5.99. The van der Waals surface area contributed by atoms with E-state index in [0.29, 0.717) is 177 Å². The molecule has 0 bridgehead atoms. The number of Topliss-reactive ketones (excluding diaryl/α,β-unsaturated/α-hetero) is 1. The number of carbonyl (C=O) groups excluding carboxylic acids is 2. The maximum atomic E-state index is 12.5. The maximum absolute atomic E-state index is 12.5. The number of nitrogens with two attached hydrogens (primary N) is 3. The lowest BCUT2D eigenvalue weighted by Crippen LogP contribution is -2.36. The van der Waals surface area contributed by atoms with Crippen LogP contribution in [-0.4, -0.2) is 160 Å². The van der Waals surface area contributed by atoms with E-state index in [0.717, 1.165) is 37.2 Å². The molecule has 382 valence electrons. The molecule has 0 spiro atoms. The van der Waals surface area contributed by atoms with Crippen LogP contribution in [0.5, 0.6) is 0 Å². The molecule has 0 saturated carbocycles. The molecule has 0 radical (unpaired) electrons. The smallest absolute Gasteiger partial charge is 0.292 e. The minimum absolute atomic E-state index is 0.112. The van der Waals surface area contributed by atoms with Crippen LogP contribution in [0.2, 0.25) is 0 Å². The van der Waals surface area contributed by atoms with E-state index in [4.69, 9.17) is 64.6 Å². The van der Waals surface area contributed by atoms with Crippen molar-refractivity contribution in [2.24, 2.45) is 5.73 Å². The fourth-order valence-electron chi connectivity index (χ4n) is 7.01. The Hall–Kier alpha value is -5.16. The van der Waals surface area contributed by atoms with Gasteiger partial charge in [-0.2, -0.15) is 10.1 Å². The minimum atomic E-state index is 0.112. The lowest BCUT2D eigenvalue weighted by molar-refractivity contribution is -0.133. The Morgan fingerprint density at radius 1 is 0.696 bits per heavy atom. The van der Waals surface area contributed by atoms with Crippen LogP contribution in [0.1, 0.15) is 70.1 Å². The number of oxazole rings is 1. The van der Waals surface area contributed by atoms with Gasteiger partial charge in [-0.15, -0.1) is 0 Å². The molecule has 4 heterocycles. The van der Waals surface area contributed by atoms with Crippen LogP contribution in [-0.2, 0) is 67.0 Å². The number of rotatable bonds is 31. The van der Waals surface area contributed by atoms with E-state index in [2.05, 4.69) is 33.2 Å². The quantitative estimate of drug-likeness (QED) is 0.0493. The number of nitrogens with zero attached hydrogens (tertiary/aromatic N) is 6. The van der Waals surface area contributed by atoms with Gasteiger partial charge in [-0.1, -0.05) is 25.1 Å². The standard InChI is InChI=1S/C27H28N8O3.C12H24O4.C10H23NO4/c1-2-37-10-8-22(36)34-9-7-17-11-16(3-4-19(17)14-34)13-35-26-23(25(28)30-15-31-26)24(33-35)18-5-6-21-20(12-18)32-27(29)38-21;1-3-12(13)6-5-7-15-10-11-16-9-8-14-4-2;1-2-12-5-6-14-9-10-15-8-7-13-4-3-11/h3-6,11-12,15H,2,7-10,13-14H2,1H3,(H2,29,32)(H2,28,30,31);3-11H2,1-2H3;2-11H2,1H3. The highest BCUT2D eigenvalue weighted by Gasteiger charge is 2.22. The van der Waals surface area contributed by atoms with Gasteiger partial charge in [0, 0.05) is 64.5 Å². The number of anilines is 2. The number of hydrogen-bond donors (Lipinski definition) is 3. The Kier molecular flexibility index (Phi) is 27.3. The molecule has 20 heteroatoms. The van der Waals surface area contributed by atoms with E-state index >= 15 is 0 Å². The Morgan fingerprint density at radius 2 is 1.32 bits per heavy atom. The summed E-state index contributed by atoms with van der Waals surface area (Å²) >= 11 is 0. The average molecular weight is 966 g/mol. The first kappa shape index (κ1) is 56.4. The monoisotopic (exact) mass is 966 g/mol. The fraction of sp³-hybridized carbons (Fsp3) is 0.592. The summed E-state index contributed by atoms with van der Waals surface area (Å²) in [5.74, 6) is 0.791. The number of ether oxygens (including phenoxy) is 8. The molecule has 1 aliphatic heterocycles. The molecule has 0 atom stereocenters. The topological polar surface area (TPSA) is 259 Å². The molecule has 6 N–H and O–H groups in total. The van der Waals surface area contributed by atoms with Crippen LogP contribution in [0.15, 0.2) is 47.1 Å². The number of nitrogen functional groups attached to an aromatic ring is 2. The number of aromatic nitrogens is 5. The molecule has 0 saturated heterocycles. The second-order valence-electron chi connectivity index (χ2n) is 15.6. The van der Waals surface area contributed by atoms with E-state index in [1.807, 2.05) is 55.5 Å². The molecule has 20 nitrogen and oxygen atoms in total. The van der Waals surface area contributed by atoms with Gasteiger partial charge < -0.3 is 64.4 Å². The summed E-state index contributed by atoms with van der Waals surface area (Å²) in [4.78, 5) is 38.3. The van der Waals surface area contributed by atoms with Gasteiger partial charge in [0.05, 0.1) is 97.6 Å². The second-order valence-corrected chi connectivity index (χ2v) is 15.6. The summed E-state index contributed by atoms with van der Waals surface area (Å²) in [6, 6.07) is 12.1. The van der Waals surface area contributed by atoms with Crippen LogP contribution in [0.25, 0.3) is 33.4 Å². The van der Waals surface area contributed by atoms with Crippen molar-refractivity contribution in [1.82, 2.24) is 29.6 Å². The second kappa shape index (κ2) is 33.4. The number of amides is 1. The van der Waals surface area contributed by atoms with E-state index in [9.17, 15) is 9.59 Å². The van der Waals surface area contributed by atoms with E-state index in [-0.39, 0.29) is 11.9 Å². The Labute approximate surface area is 405 Å². The SMILES string of the molecule is CCOCCC(=O)N1CCc2cc(Cn3nc(-c4ccc5oc(N)nc5c4)c4c(N)ncnc43)ccc2C1.CCOCCOCCOCCCC(=O)CC.CCOCCOCCOCCOCCN. The highest BCUT2D eigenvalue weighted by atomic mass is 16.6. The number of carbonyl (C=O) groups is 2. The van der Waals surface area contributed by atoms with Gasteiger partial charge in [-0.05, 0) is 68.5 Å². The predicted octanol–water partition coefficient (Wildman–Crippen LogP) is 5.01. The van der Waals surface area contributed by atoms with Crippen molar-refractivity contribution in [2.45, 2.75) is 72.9 Å². The summed E-state index contributed by atoms with van der Waals surface area (Å²) in [5.41, 5.74) is 24.1. The van der Waals surface area contributed by atoms with Crippen LogP contribution >= 0.6 is 0 Å². The highest BCUT2D eigenvalue weighted by Crippen LogP contribution is 2.33. The molecule has 1 amide bonds. The molecule has 1 aliphatic rings. The summed E-state index contributed by atoms with van der Waals surface area (Å²) in [6.45, 7) is 20.0. The molecule has 2 aromatic carbocycles. The van der Waals surface area contributed by atoms with Crippen LogP contribution in [0.4, 0.5) is 11.8 Å². The van der Waals surface area contributed by atoms with Crippen molar-refractivity contribution < 1.29 is 51.9 Å². The van der Waals surface area contributed by atoms with E-state index in [1.54, 1.807) is 0 Å². The zero-order chi connectivity index (χ0) is 49.5. The van der Waals surface area contributed by atoms with Crippen LogP contribution in [0.3, 0.4) is 0 Å². The largest absolute Gasteiger partial charge is 0.424 e. The van der Waals surface area contributed by atoms with Gasteiger partial charge in [0.25, 0.3) is 6.01 Å². The molecule has 0 fully saturated rings. The first-order valence-corrected chi connectivity index (χ1v) is 24.1. The predicted molar refractivity (Wildman–Crippen MR) is 264 cm³/mol. The normalized spacial score (nSPS) is 12.2. The summed E-state index contributed by atoms with van der Waals surface area (Å²) < 4.78 is 49.0. The van der Waals surface area contributed by atoms with Gasteiger partial charge in [-0.25, -0.2) is 14.6 Å². The number of ketones is 1. The van der Waals surface area contributed by atoms with Crippen molar-refractivity contribution >= 4 is 45.7 Å².